The van der Waals surface area contributed by atoms with E-state index in [2.05, 4.69) is 4.98 Å². The van der Waals surface area contributed by atoms with E-state index in [1.807, 2.05) is 68.3 Å². The summed E-state index contributed by atoms with van der Waals surface area (Å²) in [6.45, 7) is 6.17. The molecule has 1 amide bonds. The van der Waals surface area contributed by atoms with Gasteiger partial charge in [-0.25, -0.2) is 4.79 Å². The number of hydrogen-bond donors (Lipinski definition) is 0. The highest BCUT2D eigenvalue weighted by Gasteiger charge is 2.31. The van der Waals surface area contributed by atoms with Crippen LogP contribution in [0.3, 0.4) is 0 Å². The van der Waals surface area contributed by atoms with Gasteiger partial charge in [-0.15, -0.1) is 0 Å². The minimum atomic E-state index is -0.524. The fourth-order valence-electron chi connectivity index (χ4n) is 3.65. The molecule has 0 bridgehead atoms. The van der Waals surface area contributed by atoms with Crippen LogP contribution in [0, 0.1) is 0 Å². The van der Waals surface area contributed by atoms with Crippen molar-refractivity contribution >= 4 is 28.3 Å². The summed E-state index contributed by atoms with van der Waals surface area (Å²) in [6.07, 6.45) is 4.03. The van der Waals surface area contributed by atoms with Gasteiger partial charge < -0.3 is 9.64 Å². The first kappa shape index (κ1) is 19.1. The van der Waals surface area contributed by atoms with Crippen molar-refractivity contribution in [3.63, 3.8) is 0 Å². The molecule has 1 aromatic heterocycles. The summed E-state index contributed by atoms with van der Waals surface area (Å²) in [5, 5.41) is 2.12. The van der Waals surface area contributed by atoms with Gasteiger partial charge in [-0.3, -0.25) is 9.78 Å². The molecule has 1 fully saturated rings. The molecule has 1 aliphatic rings. The van der Waals surface area contributed by atoms with E-state index < -0.39 is 5.60 Å². The number of fused-ring (bicyclic) bond motifs is 1. The summed E-state index contributed by atoms with van der Waals surface area (Å²) >= 11 is 0. The van der Waals surface area contributed by atoms with Crippen molar-refractivity contribution in [2.75, 3.05) is 11.4 Å². The Kier molecular flexibility index (Phi) is 4.82. The molecule has 4 rings (SSSR count). The Labute approximate surface area is 170 Å². The van der Waals surface area contributed by atoms with Crippen LogP contribution in [0.1, 0.15) is 49.0 Å². The van der Waals surface area contributed by atoms with Crippen LogP contribution in [0.25, 0.3) is 10.8 Å². The number of aromatic nitrogens is 1. The van der Waals surface area contributed by atoms with Crippen LogP contribution < -0.4 is 4.90 Å². The molecule has 5 nitrogen and oxygen atoms in total. The summed E-state index contributed by atoms with van der Waals surface area (Å²) in [6, 6.07) is 15.3. The van der Waals surface area contributed by atoms with Crippen molar-refractivity contribution in [1.82, 2.24) is 4.98 Å². The number of pyridine rings is 1. The number of nitrogens with zero attached hydrogens (tertiary/aromatic N) is 2. The molecule has 2 aromatic carbocycles. The maximum absolute atomic E-state index is 12.7. The predicted octanol–water partition coefficient (Wildman–Crippen LogP) is 4.71. The smallest absolute Gasteiger partial charge is 0.338 e. The summed E-state index contributed by atoms with van der Waals surface area (Å²) in [5.74, 6) is -0.123. The summed E-state index contributed by atoms with van der Waals surface area (Å²) in [5.41, 5.74) is 1.96. The SMILES string of the molecule is CC(C)(C)OC(=O)c1ccc(C2CC(=O)N(c3ccc4cnccc4c3)C2)cc1. The Morgan fingerprint density at radius 3 is 2.55 bits per heavy atom. The molecule has 0 aliphatic carbocycles. The third-order valence-electron chi connectivity index (χ3n) is 5.08. The molecule has 1 unspecified atom stereocenters. The molecule has 0 saturated carbocycles. The van der Waals surface area contributed by atoms with Gasteiger partial charge in [0.25, 0.3) is 0 Å². The molecule has 1 saturated heterocycles. The van der Waals surface area contributed by atoms with Crippen LogP contribution in [0.2, 0.25) is 0 Å². The van der Waals surface area contributed by atoms with Gasteiger partial charge in [-0.05, 0) is 62.1 Å². The number of amides is 1. The van der Waals surface area contributed by atoms with Crippen molar-refractivity contribution in [1.29, 1.82) is 0 Å². The molecular weight excluding hydrogens is 364 g/mol. The quantitative estimate of drug-likeness (QED) is 0.610. The third-order valence-corrected chi connectivity index (χ3v) is 5.08. The molecule has 2 heterocycles. The second kappa shape index (κ2) is 7.32. The molecule has 0 radical (unpaired) electrons. The first-order chi connectivity index (χ1) is 13.8. The van der Waals surface area contributed by atoms with E-state index in [0.29, 0.717) is 18.5 Å². The highest BCUT2D eigenvalue weighted by molar-refractivity contribution is 5.98. The molecule has 148 valence electrons. The van der Waals surface area contributed by atoms with Crippen molar-refractivity contribution in [3.8, 4) is 0 Å². The number of ether oxygens (including phenoxy) is 1. The van der Waals surface area contributed by atoms with Gasteiger partial charge in [0.2, 0.25) is 5.91 Å². The largest absolute Gasteiger partial charge is 0.456 e. The van der Waals surface area contributed by atoms with Crippen molar-refractivity contribution < 1.29 is 14.3 Å². The Hall–Kier alpha value is -3.21. The topological polar surface area (TPSA) is 59.5 Å². The molecule has 0 N–H and O–H groups in total. The zero-order chi connectivity index (χ0) is 20.6. The Balaban J connectivity index is 1.50. The van der Waals surface area contributed by atoms with Gasteiger partial charge >= 0.3 is 5.97 Å². The van der Waals surface area contributed by atoms with E-state index >= 15 is 0 Å². The average molecular weight is 388 g/mol. The van der Waals surface area contributed by atoms with E-state index in [1.54, 1.807) is 18.3 Å². The van der Waals surface area contributed by atoms with Gasteiger partial charge in [-0.1, -0.05) is 18.2 Å². The summed E-state index contributed by atoms with van der Waals surface area (Å²) in [7, 11) is 0. The van der Waals surface area contributed by atoms with Crippen molar-refractivity contribution in [2.24, 2.45) is 0 Å². The molecule has 0 spiro atoms. The second-order valence-corrected chi connectivity index (χ2v) is 8.44. The molecule has 1 atom stereocenters. The maximum Gasteiger partial charge on any atom is 0.338 e. The average Bonchev–Trinajstić information content (AvgIpc) is 3.08. The number of hydrogen-bond acceptors (Lipinski definition) is 4. The molecule has 1 aliphatic heterocycles. The minimum Gasteiger partial charge on any atom is -0.456 e. The first-order valence-electron chi connectivity index (χ1n) is 9.78. The standard InChI is InChI=1S/C24H24N2O3/c1-24(2,3)29-23(28)17-6-4-16(5-7-17)20-13-22(27)26(15-20)21-9-8-19-14-25-11-10-18(19)12-21/h4-12,14,20H,13,15H2,1-3H3. The summed E-state index contributed by atoms with van der Waals surface area (Å²) in [4.78, 5) is 30.8. The fourth-order valence-corrected chi connectivity index (χ4v) is 3.65. The van der Waals surface area contributed by atoms with E-state index in [1.165, 1.54) is 0 Å². The van der Waals surface area contributed by atoms with Crippen LogP contribution in [-0.4, -0.2) is 29.0 Å². The predicted molar refractivity (Wildman–Crippen MR) is 113 cm³/mol. The van der Waals surface area contributed by atoms with Crippen LogP contribution in [-0.2, 0) is 9.53 Å². The zero-order valence-corrected chi connectivity index (χ0v) is 16.9. The number of anilines is 1. The van der Waals surface area contributed by atoms with Crippen LogP contribution in [0.4, 0.5) is 5.69 Å². The lowest BCUT2D eigenvalue weighted by Gasteiger charge is -2.20. The maximum atomic E-state index is 12.7. The van der Waals surface area contributed by atoms with Gasteiger partial charge in [0.15, 0.2) is 0 Å². The zero-order valence-electron chi connectivity index (χ0n) is 16.9. The minimum absolute atomic E-state index is 0.100. The highest BCUT2D eigenvalue weighted by Crippen LogP contribution is 2.33. The number of esters is 1. The number of carbonyl (C=O) groups is 2. The molecule has 5 heteroatoms. The van der Waals surface area contributed by atoms with E-state index in [0.717, 1.165) is 22.0 Å². The normalized spacial score (nSPS) is 17.0. The van der Waals surface area contributed by atoms with E-state index in [-0.39, 0.29) is 17.8 Å². The lowest BCUT2D eigenvalue weighted by atomic mass is 9.97. The molecular formula is C24H24N2O3. The Bertz CT molecular complexity index is 1070. The highest BCUT2D eigenvalue weighted by atomic mass is 16.6. The van der Waals surface area contributed by atoms with Crippen LogP contribution >= 0.6 is 0 Å². The lowest BCUT2D eigenvalue weighted by molar-refractivity contribution is -0.117. The van der Waals surface area contributed by atoms with E-state index in [4.69, 9.17) is 4.74 Å². The van der Waals surface area contributed by atoms with Gasteiger partial charge in [0.05, 0.1) is 5.56 Å². The summed E-state index contributed by atoms with van der Waals surface area (Å²) < 4.78 is 5.41. The molecule has 3 aromatic rings. The first-order valence-corrected chi connectivity index (χ1v) is 9.78. The monoisotopic (exact) mass is 388 g/mol. The Morgan fingerprint density at radius 1 is 1.07 bits per heavy atom. The van der Waals surface area contributed by atoms with Crippen LogP contribution in [0.5, 0.6) is 0 Å². The molecule has 29 heavy (non-hydrogen) atoms. The number of carbonyl (C=O) groups excluding carboxylic acids is 2. The lowest BCUT2D eigenvalue weighted by Crippen LogP contribution is -2.24. The van der Waals surface area contributed by atoms with Crippen LogP contribution in [0.15, 0.2) is 60.9 Å². The van der Waals surface area contributed by atoms with Gasteiger partial charge in [-0.2, -0.15) is 0 Å². The third kappa shape index (κ3) is 4.14. The Morgan fingerprint density at radius 2 is 1.83 bits per heavy atom. The van der Waals surface area contributed by atoms with Gasteiger partial charge in [0.1, 0.15) is 5.60 Å². The number of rotatable bonds is 3. The van der Waals surface area contributed by atoms with Gasteiger partial charge in [0, 0.05) is 42.4 Å². The second-order valence-electron chi connectivity index (χ2n) is 8.44. The fraction of sp³-hybridized carbons (Fsp3) is 0.292. The van der Waals surface area contributed by atoms with Crippen molar-refractivity contribution in [3.05, 3.63) is 72.1 Å². The van der Waals surface area contributed by atoms with Crippen molar-refractivity contribution in [2.45, 2.75) is 38.7 Å². The van der Waals surface area contributed by atoms with E-state index in [9.17, 15) is 9.59 Å². The number of benzene rings is 2.